The molecule has 1 heterocycles. The summed E-state index contributed by atoms with van der Waals surface area (Å²) in [5.74, 6) is -0.150. The average Bonchev–Trinajstić information content (AvgIpc) is 2.66. The largest absolute Gasteiger partial charge is 0.397 e. The number of aliphatic hydroxyl groups is 1. The number of carbonyl (C=O) groups is 1. The first kappa shape index (κ1) is 12.9. The van der Waals surface area contributed by atoms with Gasteiger partial charge in [-0.2, -0.15) is 0 Å². The summed E-state index contributed by atoms with van der Waals surface area (Å²) in [6, 6.07) is 5.85. The summed E-state index contributed by atoms with van der Waals surface area (Å²) in [6.07, 6.45) is 0.972. The fraction of sp³-hybridized carbons (Fsp3) is 0.308. The Bertz CT molecular complexity index is 649. The molecule has 0 aliphatic heterocycles. The molecule has 6 heteroatoms. The van der Waals surface area contributed by atoms with Crippen LogP contribution >= 0.6 is 27.3 Å². The van der Waals surface area contributed by atoms with Crippen molar-refractivity contribution in [2.45, 2.75) is 25.0 Å². The van der Waals surface area contributed by atoms with Gasteiger partial charge in [0.15, 0.2) is 0 Å². The van der Waals surface area contributed by atoms with Crippen molar-refractivity contribution in [1.29, 1.82) is 0 Å². The van der Waals surface area contributed by atoms with Crippen LogP contribution in [0, 0.1) is 0 Å². The molecule has 3 rings (SSSR count). The minimum Gasteiger partial charge on any atom is -0.397 e. The number of aliphatic hydroxyl groups excluding tert-OH is 1. The third-order valence-corrected chi connectivity index (χ3v) is 5.19. The molecule has 0 atom stereocenters. The van der Waals surface area contributed by atoms with E-state index in [1.165, 1.54) is 11.3 Å². The van der Waals surface area contributed by atoms with Crippen molar-refractivity contribution in [2.75, 3.05) is 5.73 Å². The van der Waals surface area contributed by atoms with Crippen LogP contribution < -0.4 is 11.1 Å². The Morgan fingerprint density at radius 1 is 1.47 bits per heavy atom. The first-order valence-corrected chi connectivity index (χ1v) is 7.62. The number of amides is 1. The van der Waals surface area contributed by atoms with Crippen molar-refractivity contribution in [3.8, 4) is 0 Å². The Morgan fingerprint density at radius 3 is 2.84 bits per heavy atom. The standard InChI is InChI=1S/C13H13BrN2O2S/c14-8-2-1-3-9-10(8)11(15)12(19-9)13(18)16-6-4-7(17)5-6/h1-3,6-7,17H,4-5,15H2,(H,16,18). The molecule has 1 fully saturated rings. The van der Waals surface area contributed by atoms with Gasteiger partial charge in [0.05, 0.1) is 11.8 Å². The molecule has 0 radical (unpaired) electrons. The molecule has 1 amide bonds. The first-order chi connectivity index (χ1) is 9.06. The lowest BCUT2D eigenvalue weighted by Crippen LogP contribution is -2.46. The van der Waals surface area contributed by atoms with E-state index in [1.54, 1.807) is 0 Å². The molecule has 1 aromatic carbocycles. The summed E-state index contributed by atoms with van der Waals surface area (Å²) in [6.45, 7) is 0. The summed E-state index contributed by atoms with van der Waals surface area (Å²) >= 11 is 4.85. The minimum atomic E-state index is -0.279. The second kappa shape index (κ2) is 4.77. The van der Waals surface area contributed by atoms with Gasteiger partial charge in [-0.3, -0.25) is 4.79 Å². The Balaban J connectivity index is 1.90. The maximum Gasteiger partial charge on any atom is 0.263 e. The van der Waals surface area contributed by atoms with Gasteiger partial charge in [0.2, 0.25) is 0 Å². The molecule has 4 N–H and O–H groups in total. The number of nitrogen functional groups attached to an aromatic ring is 1. The van der Waals surface area contributed by atoms with Gasteiger partial charge >= 0.3 is 0 Å². The van der Waals surface area contributed by atoms with E-state index in [0.717, 1.165) is 14.6 Å². The molecule has 0 bridgehead atoms. The fourth-order valence-corrected chi connectivity index (χ4v) is 4.02. The quantitative estimate of drug-likeness (QED) is 0.786. The Hall–Kier alpha value is -1.11. The third kappa shape index (κ3) is 2.24. The maximum atomic E-state index is 12.2. The van der Waals surface area contributed by atoms with E-state index in [-0.39, 0.29) is 18.1 Å². The Kier molecular flexibility index (Phi) is 3.24. The third-order valence-electron chi connectivity index (χ3n) is 3.36. The van der Waals surface area contributed by atoms with E-state index >= 15 is 0 Å². The number of carbonyl (C=O) groups excluding carboxylic acids is 1. The normalized spacial score (nSPS) is 22.2. The summed E-state index contributed by atoms with van der Waals surface area (Å²) in [4.78, 5) is 12.7. The average molecular weight is 341 g/mol. The molecular formula is C13H13BrN2O2S. The highest BCUT2D eigenvalue weighted by atomic mass is 79.9. The first-order valence-electron chi connectivity index (χ1n) is 6.01. The predicted octanol–water partition coefficient (Wildman–Crippen LogP) is 2.50. The topological polar surface area (TPSA) is 75.4 Å². The number of nitrogens with one attached hydrogen (secondary N) is 1. The van der Waals surface area contributed by atoms with Gasteiger partial charge in [0.25, 0.3) is 5.91 Å². The lowest BCUT2D eigenvalue weighted by Gasteiger charge is -2.31. The Labute approximate surface area is 122 Å². The molecule has 1 aliphatic rings. The van der Waals surface area contributed by atoms with Gasteiger partial charge in [-0.15, -0.1) is 11.3 Å². The summed E-state index contributed by atoms with van der Waals surface area (Å²) in [5.41, 5.74) is 6.59. The van der Waals surface area contributed by atoms with Crippen molar-refractivity contribution >= 4 is 48.9 Å². The van der Waals surface area contributed by atoms with Gasteiger partial charge in [-0.25, -0.2) is 0 Å². The van der Waals surface area contributed by atoms with Gasteiger partial charge in [-0.1, -0.05) is 22.0 Å². The molecule has 1 aromatic heterocycles. The molecule has 0 unspecified atom stereocenters. The number of rotatable bonds is 2. The lowest BCUT2D eigenvalue weighted by molar-refractivity contribution is 0.0565. The van der Waals surface area contributed by atoms with Crippen LogP contribution in [0.4, 0.5) is 5.69 Å². The second-order valence-corrected chi connectivity index (χ2v) is 6.66. The summed E-state index contributed by atoms with van der Waals surface area (Å²) in [7, 11) is 0. The summed E-state index contributed by atoms with van der Waals surface area (Å²) in [5, 5.41) is 13.0. The summed E-state index contributed by atoms with van der Waals surface area (Å²) < 4.78 is 1.89. The zero-order chi connectivity index (χ0) is 13.6. The number of benzene rings is 1. The molecule has 19 heavy (non-hydrogen) atoms. The minimum absolute atomic E-state index is 0.0653. The zero-order valence-electron chi connectivity index (χ0n) is 10.0. The molecule has 1 aliphatic carbocycles. The van der Waals surface area contributed by atoms with Crippen LogP contribution in [0.1, 0.15) is 22.5 Å². The van der Waals surface area contributed by atoms with E-state index in [4.69, 9.17) is 5.73 Å². The number of hydrogen-bond acceptors (Lipinski definition) is 4. The van der Waals surface area contributed by atoms with Crippen molar-refractivity contribution in [3.05, 3.63) is 27.5 Å². The van der Waals surface area contributed by atoms with Crippen LogP contribution in [0.5, 0.6) is 0 Å². The van der Waals surface area contributed by atoms with Crippen LogP contribution in [0.25, 0.3) is 10.1 Å². The monoisotopic (exact) mass is 340 g/mol. The van der Waals surface area contributed by atoms with Gasteiger partial charge in [-0.05, 0) is 25.0 Å². The number of anilines is 1. The van der Waals surface area contributed by atoms with Gasteiger partial charge in [0.1, 0.15) is 4.88 Å². The number of fused-ring (bicyclic) bond motifs is 1. The van der Waals surface area contributed by atoms with Crippen LogP contribution in [0.15, 0.2) is 22.7 Å². The molecule has 4 nitrogen and oxygen atoms in total. The number of nitrogens with two attached hydrogens (primary N) is 1. The van der Waals surface area contributed by atoms with Crippen LogP contribution in [-0.2, 0) is 0 Å². The van der Waals surface area contributed by atoms with Crippen molar-refractivity contribution in [3.63, 3.8) is 0 Å². The SMILES string of the molecule is Nc1c(C(=O)NC2CC(O)C2)sc2cccc(Br)c12. The molecular weight excluding hydrogens is 328 g/mol. The molecule has 0 spiro atoms. The molecule has 100 valence electrons. The van der Waals surface area contributed by atoms with Gasteiger partial charge < -0.3 is 16.2 Å². The van der Waals surface area contributed by atoms with Crippen molar-refractivity contribution in [2.24, 2.45) is 0 Å². The maximum absolute atomic E-state index is 12.2. The van der Waals surface area contributed by atoms with E-state index < -0.39 is 0 Å². The van der Waals surface area contributed by atoms with Crippen molar-refractivity contribution < 1.29 is 9.90 Å². The van der Waals surface area contributed by atoms with Crippen molar-refractivity contribution in [1.82, 2.24) is 5.32 Å². The predicted molar refractivity (Wildman–Crippen MR) is 80.4 cm³/mol. The highest BCUT2D eigenvalue weighted by Gasteiger charge is 2.29. The molecule has 2 aromatic rings. The number of thiophene rings is 1. The lowest BCUT2D eigenvalue weighted by atomic mass is 9.89. The molecule has 1 saturated carbocycles. The number of hydrogen-bond donors (Lipinski definition) is 3. The molecule has 0 saturated heterocycles. The van der Waals surface area contributed by atoms with Crippen LogP contribution in [0.2, 0.25) is 0 Å². The number of halogens is 1. The van der Waals surface area contributed by atoms with E-state index in [9.17, 15) is 9.90 Å². The second-order valence-electron chi connectivity index (χ2n) is 4.75. The Morgan fingerprint density at radius 2 is 2.21 bits per heavy atom. The fourth-order valence-electron chi connectivity index (χ4n) is 2.25. The smallest absolute Gasteiger partial charge is 0.263 e. The highest BCUT2D eigenvalue weighted by molar-refractivity contribution is 9.10. The van der Waals surface area contributed by atoms with E-state index in [0.29, 0.717) is 23.4 Å². The van der Waals surface area contributed by atoms with Gasteiger partial charge in [0, 0.05) is 20.6 Å². The highest BCUT2D eigenvalue weighted by Crippen LogP contribution is 2.38. The zero-order valence-corrected chi connectivity index (χ0v) is 12.4. The van der Waals surface area contributed by atoms with E-state index in [2.05, 4.69) is 21.2 Å². The van der Waals surface area contributed by atoms with Crippen LogP contribution in [0.3, 0.4) is 0 Å². The van der Waals surface area contributed by atoms with Crippen LogP contribution in [-0.4, -0.2) is 23.2 Å². The van der Waals surface area contributed by atoms with E-state index in [1.807, 2.05) is 18.2 Å².